The summed E-state index contributed by atoms with van der Waals surface area (Å²) in [7, 11) is 0. The summed E-state index contributed by atoms with van der Waals surface area (Å²) in [5.41, 5.74) is 0.776. The first-order valence-electron chi connectivity index (χ1n) is 4.33. The van der Waals surface area contributed by atoms with Crippen molar-refractivity contribution >= 4 is 55.1 Å². The summed E-state index contributed by atoms with van der Waals surface area (Å²) in [6, 6.07) is 1.85. The quantitative estimate of drug-likeness (QED) is 0.574. The summed E-state index contributed by atoms with van der Waals surface area (Å²) in [5.74, 6) is 0.0472. The molecule has 1 aliphatic heterocycles. The Labute approximate surface area is 109 Å². The molecule has 0 radical (unpaired) electrons. The molecular formula is C9H7Br2ClN2O. The van der Waals surface area contributed by atoms with Crippen LogP contribution in [0.5, 0.6) is 0 Å². The highest BCUT2D eigenvalue weighted by molar-refractivity contribution is 9.13. The molecule has 1 saturated heterocycles. The number of alkyl halides is 1. The van der Waals surface area contributed by atoms with Crippen molar-refractivity contribution in [1.82, 2.24) is 4.98 Å². The van der Waals surface area contributed by atoms with E-state index in [1.54, 1.807) is 11.1 Å². The van der Waals surface area contributed by atoms with E-state index in [1.165, 1.54) is 0 Å². The van der Waals surface area contributed by atoms with Gasteiger partial charge in [0.25, 0.3) is 0 Å². The lowest BCUT2D eigenvalue weighted by Crippen LogP contribution is -2.24. The van der Waals surface area contributed by atoms with Crippen LogP contribution < -0.4 is 4.90 Å². The summed E-state index contributed by atoms with van der Waals surface area (Å²) in [5, 5.41) is -0.0973. The summed E-state index contributed by atoms with van der Waals surface area (Å²) in [6.45, 7) is 0.552. The molecule has 0 spiro atoms. The zero-order valence-electron chi connectivity index (χ0n) is 7.58. The van der Waals surface area contributed by atoms with Gasteiger partial charge in [0.15, 0.2) is 0 Å². The maximum Gasteiger partial charge on any atom is 0.228 e. The van der Waals surface area contributed by atoms with Gasteiger partial charge in [-0.05, 0) is 37.9 Å². The van der Waals surface area contributed by atoms with Crippen LogP contribution in [-0.4, -0.2) is 22.8 Å². The molecule has 0 N–H and O–H groups in total. The Hall–Kier alpha value is -0.130. The Kier molecular flexibility index (Phi) is 3.33. The average Bonchev–Trinajstić information content (AvgIpc) is 2.50. The van der Waals surface area contributed by atoms with Crippen LogP contribution in [-0.2, 0) is 4.79 Å². The maximum atomic E-state index is 11.6. The van der Waals surface area contributed by atoms with Crippen molar-refractivity contribution in [3.63, 3.8) is 0 Å². The Morgan fingerprint density at radius 1 is 1.53 bits per heavy atom. The highest BCUT2D eigenvalue weighted by Crippen LogP contribution is 2.29. The number of nitrogens with zero attached hydrogens (tertiary/aromatic N) is 2. The third kappa shape index (κ3) is 2.34. The molecule has 0 saturated carbocycles. The number of hydrogen-bond donors (Lipinski definition) is 0. The molecule has 1 atom stereocenters. The number of aromatic nitrogens is 1. The first-order valence-corrected chi connectivity index (χ1v) is 6.35. The second-order valence-corrected chi connectivity index (χ2v) is 5.49. The summed E-state index contributed by atoms with van der Waals surface area (Å²) in [6.07, 6.45) is 2.05. The number of carbonyl (C=O) groups is 1. The van der Waals surface area contributed by atoms with Gasteiger partial charge in [0.05, 0.1) is 21.7 Å². The van der Waals surface area contributed by atoms with Crippen LogP contribution >= 0.6 is 43.5 Å². The standard InChI is InChI=1S/C9H7Br2ClN2O/c10-7-2-6(3-13-9(7)11)14-4-5(12)1-8(14)15/h2-3,5H,1,4H2. The van der Waals surface area contributed by atoms with E-state index >= 15 is 0 Å². The first kappa shape index (κ1) is 11.4. The minimum absolute atomic E-state index is 0.0472. The molecule has 1 aromatic rings. The van der Waals surface area contributed by atoms with Gasteiger partial charge >= 0.3 is 0 Å². The van der Waals surface area contributed by atoms with Crippen LogP contribution in [0.3, 0.4) is 0 Å². The molecule has 3 nitrogen and oxygen atoms in total. The molecule has 2 heterocycles. The van der Waals surface area contributed by atoms with Crippen molar-refractivity contribution in [2.45, 2.75) is 11.8 Å². The van der Waals surface area contributed by atoms with Crippen molar-refractivity contribution in [3.05, 3.63) is 21.3 Å². The molecule has 0 aliphatic carbocycles. The van der Waals surface area contributed by atoms with E-state index in [4.69, 9.17) is 11.6 Å². The minimum atomic E-state index is -0.0973. The van der Waals surface area contributed by atoms with Gasteiger partial charge in [-0.15, -0.1) is 11.6 Å². The number of pyridine rings is 1. The van der Waals surface area contributed by atoms with Gasteiger partial charge in [0.1, 0.15) is 4.60 Å². The van der Waals surface area contributed by atoms with Crippen LogP contribution in [0.4, 0.5) is 5.69 Å². The van der Waals surface area contributed by atoms with E-state index in [0.717, 1.165) is 14.8 Å². The van der Waals surface area contributed by atoms with Crippen molar-refractivity contribution in [3.8, 4) is 0 Å². The third-order valence-corrected chi connectivity index (χ3v) is 4.23. The fourth-order valence-electron chi connectivity index (χ4n) is 1.47. The lowest BCUT2D eigenvalue weighted by Gasteiger charge is -2.15. The van der Waals surface area contributed by atoms with Crippen molar-refractivity contribution in [2.75, 3.05) is 11.4 Å². The fraction of sp³-hybridized carbons (Fsp3) is 0.333. The smallest absolute Gasteiger partial charge is 0.228 e. The van der Waals surface area contributed by atoms with Gasteiger partial charge in [-0.1, -0.05) is 0 Å². The SMILES string of the molecule is O=C1CC(Cl)CN1c1cnc(Br)c(Br)c1. The monoisotopic (exact) mass is 352 g/mol. The van der Waals surface area contributed by atoms with E-state index in [0.29, 0.717) is 13.0 Å². The van der Waals surface area contributed by atoms with Gasteiger partial charge in [-0.3, -0.25) is 4.79 Å². The lowest BCUT2D eigenvalue weighted by atomic mass is 10.4. The largest absolute Gasteiger partial charge is 0.309 e. The highest BCUT2D eigenvalue weighted by Gasteiger charge is 2.29. The Bertz CT molecular complexity index is 413. The number of rotatable bonds is 1. The molecular weight excluding hydrogens is 347 g/mol. The predicted molar refractivity (Wildman–Crippen MR) is 66.2 cm³/mol. The van der Waals surface area contributed by atoms with Crippen molar-refractivity contribution in [1.29, 1.82) is 0 Å². The zero-order valence-corrected chi connectivity index (χ0v) is 11.5. The molecule has 0 bridgehead atoms. The molecule has 0 aromatic carbocycles. The van der Waals surface area contributed by atoms with E-state index < -0.39 is 0 Å². The molecule has 6 heteroatoms. The van der Waals surface area contributed by atoms with Crippen molar-refractivity contribution < 1.29 is 4.79 Å². The summed E-state index contributed by atoms with van der Waals surface area (Å²) in [4.78, 5) is 17.3. The van der Waals surface area contributed by atoms with Gasteiger partial charge < -0.3 is 4.90 Å². The van der Waals surface area contributed by atoms with Gasteiger partial charge in [-0.25, -0.2) is 4.98 Å². The molecule has 1 unspecified atom stereocenters. The van der Waals surface area contributed by atoms with Crippen LogP contribution in [0.15, 0.2) is 21.3 Å². The Balaban J connectivity index is 2.30. The minimum Gasteiger partial charge on any atom is -0.309 e. The molecule has 1 aromatic heterocycles. The van der Waals surface area contributed by atoms with Crippen LogP contribution in [0, 0.1) is 0 Å². The molecule has 2 rings (SSSR count). The number of hydrogen-bond acceptors (Lipinski definition) is 2. The van der Waals surface area contributed by atoms with E-state index in [1.807, 2.05) is 6.07 Å². The van der Waals surface area contributed by atoms with Gasteiger partial charge in [0, 0.05) is 13.0 Å². The fourth-order valence-corrected chi connectivity index (χ4v) is 2.30. The Morgan fingerprint density at radius 2 is 2.27 bits per heavy atom. The summed E-state index contributed by atoms with van der Waals surface area (Å²) >= 11 is 12.5. The van der Waals surface area contributed by atoms with E-state index in [2.05, 4.69) is 36.8 Å². The number of halogens is 3. The number of carbonyl (C=O) groups excluding carboxylic acids is 1. The first-order chi connectivity index (χ1) is 7.08. The Morgan fingerprint density at radius 3 is 2.80 bits per heavy atom. The summed E-state index contributed by atoms with van der Waals surface area (Å²) < 4.78 is 1.55. The molecule has 1 fully saturated rings. The highest BCUT2D eigenvalue weighted by atomic mass is 79.9. The van der Waals surface area contributed by atoms with Crippen LogP contribution in [0.2, 0.25) is 0 Å². The normalized spacial score (nSPS) is 21.1. The van der Waals surface area contributed by atoms with Gasteiger partial charge in [0.2, 0.25) is 5.91 Å². The average molecular weight is 354 g/mol. The molecule has 15 heavy (non-hydrogen) atoms. The van der Waals surface area contributed by atoms with Crippen LogP contribution in [0.1, 0.15) is 6.42 Å². The van der Waals surface area contributed by atoms with Gasteiger partial charge in [-0.2, -0.15) is 0 Å². The van der Waals surface area contributed by atoms with Crippen LogP contribution in [0.25, 0.3) is 0 Å². The maximum absolute atomic E-state index is 11.6. The molecule has 1 aliphatic rings. The lowest BCUT2D eigenvalue weighted by molar-refractivity contribution is -0.117. The topological polar surface area (TPSA) is 33.2 Å². The predicted octanol–water partition coefficient (Wildman–Crippen LogP) is 2.95. The molecule has 80 valence electrons. The number of amides is 1. The van der Waals surface area contributed by atoms with E-state index in [-0.39, 0.29) is 11.3 Å². The molecule has 1 amide bonds. The zero-order chi connectivity index (χ0) is 11.0. The second kappa shape index (κ2) is 4.39. The van der Waals surface area contributed by atoms with E-state index in [9.17, 15) is 4.79 Å². The third-order valence-electron chi connectivity index (χ3n) is 2.17. The second-order valence-electron chi connectivity index (χ2n) is 3.27. The van der Waals surface area contributed by atoms with Crippen molar-refractivity contribution in [2.24, 2.45) is 0 Å². The number of anilines is 1.